The van der Waals surface area contributed by atoms with E-state index in [0.717, 1.165) is 6.42 Å². The maximum Gasteiger partial charge on any atom is 0.421 e. The summed E-state index contributed by atoms with van der Waals surface area (Å²) in [5, 5.41) is 15.5. The Hall–Kier alpha value is -7.15. The number of halogens is 13. The van der Waals surface area contributed by atoms with Crippen molar-refractivity contribution in [3.05, 3.63) is 58.4 Å². The Labute approximate surface area is 537 Å². The molecule has 0 aliphatic rings. The third-order valence-corrected chi connectivity index (χ3v) is 14.2. The summed E-state index contributed by atoms with van der Waals surface area (Å²) in [6.07, 6.45) is -14.5. The predicted octanol–water partition coefficient (Wildman–Crippen LogP) is 15.9. The molecule has 92 heavy (non-hydrogen) atoms. The summed E-state index contributed by atoms with van der Waals surface area (Å²) in [6.45, 7) is 45.0. The Morgan fingerprint density at radius 3 is 0.870 bits per heavy atom. The van der Waals surface area contributed by atoms with Crippen molar-refractivity contribution in [2.75, 3.05) is 55.3 Å². The molecule has 0 aliphatic carbocycles. The fourth-order valence-corrected chi connectivity index (χ4v) is 8.40. The van der Waals surface area contributed by atoms with E-state index in [9.17, 15) is 52.7 Å². The number of anilines is 10. The molecule has 3 unspecified atom stereocenters. The minimum Gasteiger partial charge on any atom is -0.383 e. The second kappa shape index (κ2) is 32.1. The highest BCUT2D eigenvalue weighted by Crippen LogP contribution is 2.38. The minimum atomic E-state index is -4.54. The molecule has 5 aromatic heterocycles. The van der Waals surface area contributed by atoms with E-state index >= 15 is 0 Å². The van der Waals surface area contributed by atoms with E-state index in [1.807, 2.05) is 118 Å². The van der Waals surface area contributed by atoms with E-state index < -0.39 is 70.2 Å². The highest BCUT2D eigenvalue weighted by molar-refractivity contribution is 6.28. The van der Waals surface area contributed by atoms with Crippen LogP contribution in [-0.4, -0.2) is 80.0 Å². The van der Waals surface area contributed by atoms with Crippen LogP contribution in [0.2, 0.25) is 5.28 Å². The van der Waals surface area contributed by atoms with Gasteiger partial charge in [-0.05, 0) is 70.8 Å². The molecule has 0 amide bonds. The van der Waals surface area contributed by atoms with Crippen LogP contribution in [0.5, 0.6) is 0 Å². The zero-order chi connectivity index (χ0) is 72.1. The molecule has 0 aromatic carbocycles. The predicted molar refractivity (Wildman–Crippen MR) is 343 cm³/mol. The van der Waals surface area contributed by atoms with E-state index in [-0.39, 0.29) is 92.3 Å². The van der Waals surface area contributed by atoms with Gasteiger partial charge in [0.25, 0.3) is 0 Å². The lowest BCUT2D eigenvalue weighted by Gasteiger charge is -2.35. The highest BCUT2D eigenvalue weighted by Gasteiger charge is 2.39. The molecule has 5 atom stereocenters. The van der Waals surface area contributed by atoms with Crippen LogP contribution in [-0.2, 0) is 24.7 Å². The number of nitrogens with two attached hydrogens (primary N) is 5. The van der Waals surface area contributed by atoms with Crippen LogP contribution < -0.4 is 55.3 Å². The van der Waals surface area contributed by atoms with Crippen molar-refractivity contribution in [2.45, 2.75) is 214 Å². The average molecular weight is 1350 g/mol. The molecule has 0 aliphatic heterocycles. The standard InChI is InChI=1S/C13H21F3N4.C12H21ClN4.C12H19F3N4.2C11H17F3N4/c1-7(2)9(12(3,4)5)19-11-18-6-8(10(17)20-11)13(14,15)16;1-7(2)10(12(3,4)5)16-9-6-8(14)15-11(13)17-9;1-5-8(11(2,3)4)18-10-17-6-7(9(16)19-10)12(13,14)15;2*1-6(10(2,3)4)17-9-16-5-7(8(15)18-9)11(12,13)14/h6-7,9H,1-5H3,(H3,17,18,19,20);6-7,10H,1-5H3,(H3,14,15,16,17);6,8H,5H2,1-4H3,(H3,16,17,18,19);2*5-6H,1-4H3,(H3,15,16,17,18)/t;10-;;6-;/m.0.1./s1. The van der Waals surface area contributed by atoms with Crippen LogP contribution in [0.3, 0.4) is 0 Å². The van der Waals surface area contributed by atoms with Crippen LogP contribution in [0.25, 0.3) is 0 Å². The lowest BCUT2D eigenvalue weighted by molar-refractivity contribution is -0.138. The van der Waals surface area contributed by atoms with E-state index in [1.54, 1.807) is 6.07 Å². The van der Waals surface area contributed by atoms with Crippen LogP contribution in [0.15, 0.2) is 30.9 Å². The first-order valence-electron chi connectivity index (χ1n) is 29.1. The second-order valence-electron chi connectivity index (χ2n) is 27.8. The molecule has 0 radical (unpaired) electrons. The Balaban J connectivity index is 0.000000576. The number of aromatic nitrogens is 10. The topological polar surface area (TPSA) is 319 Å². The Morgan fingerprint density at radius 1 is 0.380 bits per heavy atom. The summed E-state index contributed by atoms with van der Waals surface area (Å²) in [6, 6.07) is 2.03. The molecular weight excluding hydrogens is 1250 g/mol. The van der Waals surface area contributed by atoms with E-state index in [4.69, 9.17) is 40.3 Å². The molecule has 5 rings (SSSR count). The summed E-state index contributed by atoms with van der Waals surface area (Å²) in [5.74, 6) is -0.0308. The van der Waals surface area contributed by atoms with Gasteiger partial charge in [0.2, 0.25) is 29.1 Å². The van der Waals surface area contributed by atoms with Crippen molar-refractivity contribution in [2.24, 2.45) is 38.9 Å². The van der Waals surface area contributed by atoms with Gasteiger partial charge in [-0.25, -0.2) is 29.9 Å². The minimum absolute atomic E-state index is 0.00589. The second-order valence-corrected chi connectivity index (χ2v) is 28.1. The number of hydrogen-bond acceptors (Lipinski definition) is 20. The molecule has 0 fully saturated rings. The van der Waals surface area contributed by atoms with Gasteiger partial charge >= 0.3 is 24.7 Å². The normalized spacial score (nSPS) is 14.3. The maximum absolute atomic E-state index is 12.6. The molecule has 15 N–H and O–H groups in total. The van der Waals surface area contributed by atoms with Gasteiger partial charge in [-0.3, -0.25) is 0 Å². The van der Waals surface area contributed by atoms with Crippen molar-refractivity contribution in [1.82, 2.24) is 49.8 Å². The number of hydrogen-bond donors (Lipinski definition) is 10. The maximum atomic E-state index is 12.6. The van der Waals surface area contributed by atoms with Crippen LogP contribution in [0.4, 0.5) is 111 Å². The molecular formula is C59H95ClF12N20. The third kappa shape index (κ3) is 28.0. The van der Waals surface area contributed by atoms with E-state index in [2.05, 4.69) is 111 Å². The summed E-state index contributed by atoms with van der Waals surface area (Å²) < 4.78 is 150. The van der Waals surface area contributed by atoms with Crippen LogP contribution >= 0.6 is 11.6 Å². The van der Waals surface area contributed by atoms with Crippen molar-refractivity contribution in [3.8, 4) is 0 Å². The summed E-state index contributed by atoms with van der Waals surface area (Å²) >= 11 is 5.79. The average Bonchev–Trinajstić information content (AvgIpc) is 0.858. The fourth-order valence-electron chi connectivity index (χ4n) is 8.21. The molecule has 0 bridgehead atoms. The van der Waals surface area contributed by atoms with Gasteiger partial charge in [0.15, 0.2) is 0 Å². The van der Waals surface area contributed by atoms with Crippen molar-refractivity contribution >= 4 is 70.3 Å². The van der Waals surface area contributed by atoms with Gasteiger partial charge < -0.3 is 55.3 Å². The number of alkyl halides is 12. The molecule has 5 heterocycles. The van der Waals surface area contributed by atoms with Crippen molar-refractivity contribution in [1.29, 1.82) is 0 Å². The lowest BCUT2D eigenvalue weighted by atomic mass is 9.80. The zero-order valence-corrected chi connectivity index (χ0v) is 57.2. The number of rotatable bonds is 13. The van der Waals surface area contributed by atoms with Gasteiger partial charge in [-0.2, -0.15) is 72.6 Å². The Kier molecular flexibility index (Phi) is 28.9. The van der Waals surface area contributed by atoms with Gasteiger partial charge in [-0.1, -0.05) is 138 Å². The van der Waals surface area contributed by atoms with E-state index in [1.165, 1.54) is 0 Å². The summed E-state index contributed by atoms with van der Waals surface area (Å²) in [4.78, 5) is 37.3. The molecule has 20 nitrogen and oxygen atoms in total. The van der Waals surface area contributed by atoms with Gasteiger partial charge in [0.05, 0.1) is 0 Å². The molecule has 522 valence electrons. The first-order chi connectivity index (χ1) is 41.2. The Bertz CT molecular complexity index is 2990. The number of nitrogens with one attached hydrogen (secondary N) is 5. The number of nitrogen functional groups attached to an aromatic ring is 5. The molecule has 0 saturated carbocycles. The largest absolute Gasteiger partial charge is 0.421 e. The first-order valence-corrected chi connectivity index (χ1v) is 29.5. The zero-order valence-electron chi connectivity index (χ0n) is 56.4. The molecule has 0 saturated heterocycles. The van der Waals surface area contributed by atoms with Gasteiger partial charge in [0.1, 0.15) is 57.2 Å². The molecule has 0 spiro atoms. The highest BCUT2D eigenvalue weighted by atomic mass is 35.5. The molecule has 33 heteroatoms. The van der Waals surface area contributed by atoms with Crippen LogP contribution in [0, 0.1) is 38.9 Å². The van der Waals surface area contributed by atoms with Crippen molar-refractivity contribution in [3.63, 3.8) is 0 Å². The smallest absolute Gasteiger partial charge is 0.383 e. The first kappa shape index (κ1) is 82.9. The summed E-state index contributed by atoms with van der Waals surface area (Å²) in [5.41, 5.74) is 22.7. The third-order valence-electron chi connectivity index (χ3n) is 14.0. The monoisotopic (exact) mass is 1350 g/mol. The summed E-state index contributed by atoms with van der Waals surface area (Å²) in [7, 11) is 0. The SMILES string of the molecule is CC(C)C(Nc1ncc(C(F)(F)F)c(N)n1)C(C)(C)C.CC(C)[C@H](Nc1cc(N)nc(Cl)n1)C(C)(C)C.CC(Nc1ncc(C(F)(F)F)c(N)n1)C(C)(C)C.CCC(Nc1ncc(C(F)(F)F)c(N)n1)C(C)(C)C.C[C@@H](Nc1ncc(C(F)(F)F)c(N)n1)C(C)(C)C. The van der Waals surface area contributed by atoms with E-state index in [0.29, 0.717) is 42.3 Å². The molecule has 5 aromatic rings. The quantitative estimate of drug-likeness (QED) is 0.0387. The Morgan fingerprint density at radius 2 is 0.652 bits per heavy atom. The van der Waals surface area contributed by atoms with Crippen LogP contribution in [0.1, 0.15) is 181 Å². The fraction of sp³-hybridized carbons (Fsp3) is 0.661. The van der Waals surface area contributed by atoms with Crippen molar-refractivity contribution < 1.29 is 52.7 Å². The van der Waals surface area contributed by atoms with Gasteiger partial charge in [-0.15, -0.1) is 0 Å². The lowest BCUT2D eigenvalue weighted by Crippen LogP contribution is -2.39. The van der Waals surface area contributed by atoms with Gasteiger partial charge in [0, 0.05) is 61.1 Å². The number of nitrogens with zero attached hydrogens (tertiary/aromatic N) is 10.